The predicted molar refractivity (Wildman–Crippen MR) is 251 cm³/mol. The van der Waals surface area contributed by atoms with E-state index in [9.17, 15) is 13.7 Å². The molecule has 0 aliphatic carbocycles. The summed E-state index contributed by atoms with van der Waals surface area (Å²) in [4.78, 5) is 0.968. The van der Waals surface area contributed by atoms with Gasteiger partial charge in [-0.15, -0.1) is 0 Å². The van der Waals surface area contributed by atoms with Crippen molar-refractivity contribution in [3.05, 3.63) is 248 Å². The fourth-order valence-electron chi connectivity index (χ4n) is 7.49. The Morgan fingerprint density at radius 1 is 0.288 bits per heavy atom. The molecular weight excluding hydrogens is 711 g/mol. The zero-order chi connectivity index (χ0) is 49.8. The van der Waals surface area contributed by atoms with E-state index in [-0.39, 0.29) is 27.9 Å². The lowest BCUT2D eigenvalue weighted by Gasteiger charge is -2.28. The molecule has 1 heteroatoms. The van der Waals surface area contributed by atoms with Crippen LogP contribution in [0.5, 0.6) is 0 Å². The van der Waals surface area contributed by atoms with Crippen LogP contribution in [0.25, 0.3) is 77.5 Å². The van der Waals surface area contributed by atoms with Crippen molar-refractivity contribution in [2.75, 3.05) is 4.90 Å². The molecule has 0 aliphatic heterocycles. The van der Waals surface area contributed by atoms with Crippen molar-refractivity contribution in [3.63, 3.8) is 0 Å². The van der Waals surface area contributed by atoms with Gasteiger partial charge in [-0.05, 0) is 114 Å². The highest BCUT2D eigenvalue weighted by molar-refractivity contribution is 5.97. The van der Waals surface area contributed by atoms with Crippen molar-refractivity contribution < 1.29 is 16.4 Å². The highest BCUT2D eigenvalue weighted by Crippen LogP contribution is 2.43. The van der Waals surface area contributed by atoms with Crippen molar-refractivity contribution in [2.24, 2.45) is 0 Å². The zero-order valence-electron chi connectivity index (χ0n) is 43.7. The molecule has 0 fully saturated rings. The number of hydrogen-bond acceptors (Lipinski definition) is 1. The molecule has 0 spiro atoms. The minimum Gasteiger partial charge on any atom is -0.310 e. The maximum absolute atomic E-state index is 9.79. The van der Waals surface area contributed by atoms with Gasteiger partial charge in [0.1, 0.15) is 0 Å². The van der Waals surface area contributed by atoms with E-state index in [1.807, 2.05) is 121 Å². The van der Waals surface area contributed by atoms with E-state index < -0.39 is 83.9 Å². The van der Waals surface area contributed by atoms with Crippen LogP contribution in [0.3, 0.4) is 0 Å². The number of rotatable bonds is 9. The highest BCUT2D eigenvalue weighted by Gasteiger charge is 2.18. The second-order valence-electron chi connectivity index (χ2n) is 14.0. The van der Waals surface area contributed by atoms with Crippen LogP contribution in [-0.2, 0) is 0 Å². The monoisotopic (exact) mass is 763 g/mol. The normalized spacial score (nSPS) is 13.9. The van der Waals surface area contributed by atoms with Gasteiger partial charge in [0.05, 0.1) is 22.1 Å². The lowest BCUT2D eigenvalue weighted by Crippen LogP contribution is -2.11. The lowest BCUT2D eigenvalue weighted by molar-refractivity contribution is 1.28. The van der Waals surface area contributed by atoms with Crippen LogP contribution in [0, 0.1) is 0 Å². The molecule has 0 atom stereocenters. The summed E-state index contributed by atoms with van der Waals surface area (Å²) in [6.45, 7) is 0. The molecule has 0 bridgehead atoms. The third-order valence-electron chi connectivity index (χ3n) is 10.4. The fraction of sp³-hybridized carbons (Fsp3) is 0. The summed E-state index contributed by atoms with van der Waals surface area (Å²) in [5.41, 5.74) is 4.42. The van der Waals surface area contributed by atoms with E-state index in [1.165, 1.54) is 0 Å². The van der Waals surface area contributed by atoms with E-state index in [0.29, 0.717) is 11.1 Å². The van der Waals surface area contributed by atoms with Crippen LogP contribution in [0.4, 0.5) is 17.1 Å². The smallest absolute Gasteiger partial charge is 0.0645 e. The molecule has 0 aliphatic rings. The molecule has 10 aromatic carbocycles. The topological polar surface area (TPSA) is 3.24 Å². The van der Waals surface area contributed by atoms with Crippen LogP contribution in [-0.4, -0.2) is 0 Å². The second kappa shape index (κ2) is 16.0. The second-order valence-corrected chi connectivity index (χ2v) is 14.0. The average Bonchev–Trinajstić information content (AvgIpc) is 3.40. The van der Waals surface area contributed by atoms with Gasteiger partial charge in [0.25, 0.3) is 0 Å². The lowest BCUT2D eigenvalue weighted by atomic mass is 9.91. The van der Waals surface area contributed by atoms with Crippen LogP contribution in [0.15, 0.2) is 248 Å². The van der Waals surface area contributed by atoms with E-state index in [2.05, 4.69) is 0 Å². The van der Waals surface area contributed by atoms with Crippen LogP contribution in [0.1, 0.15) is 16.4 Å². The Balaban J connectivity index is 1.24. The van der Waals surface area contributed by atoms with Crippen molar-refractivity contribution in [2.45, 2.75) is 0 Å². The van der Waals surface area contributed by atoms with Gasteiger partial charge in [-0.25, -0.2) is 0 Å². The molecule has 0 heterocycles. The maximum Gasteiger partial charge on any atom is 0.0645 e. The van der Waals surface area contributed by atoms with Crippen molar-refractivity contribution >= 4 is 27.8 Å². The van der Waals surface area contributed by atoms with E-state index >= 15 is 0 Å². The number of anilines is 3. The summed E-state index contributed by atoms with van der Waals surface area (Å²) in [6.07, 6.45) is 0. The van der Waals surface area contributed by atoms with Crippen molar-refractivity contribution in [1.82, 2.24) is 0 Å². The molecule has 0 saturated heterocycles. The van der Waals surface area contributed by atoms with Gasteiger partial charge in [0.15, 0.2) is 0 Å². The Kier molecular flexibility index (Phi) is 6.73. The number of para-hydroxylation sites is 1. The minimum atomic E-state index is -0.703. The van der Waals surface area contributed by atoms with E-state index in [0.717, 1.165) is 49.1 Å². The Labute approximate surface area is 363 Å². The number of benzene rings is 10. The molecular formula is C58H41N. The van der Waals surface area contributed by atoms with Gasteiger partial charge in [-0.1, -0.05) is 206 Å². The van der Waals surface area contributed by atoms with Gasteiger partial charge in [0, 0.05) is 16.9 Å². The Morgan fingerprint density at radius 3 is 1.44 bits per heavy atom. The molecule has 59 heavy (non-hydrogen) atoms. The Bertz CT molecular complexity index is 3670. The third-order valence-corrected chi connectivity index (χ3v) is 10.4. The van der Waals surface area contributed by atoms with E-state index in [1.54, 1.807) is 54.6 Å². The first-order valence-electron chi connectivity index (χ1n) is 25.3. The molecule has 0 radical (unpaired) electrons. The molecule has 0 aromatic heterocycles. The standard InChI is InChI=1S/C58H41N/c1-4-16-44(17-5-1)55-39-34-49(41-57(55)47-20-8-3-9-21-47)43-32-37-52(38-33-43)59(58-29-13-12-27-56(58)46-18-6-2-7-19-46)51-35-30-42(31-36-51)48-24-14-25-50(40-48)54-28-15-23-45-22-10-11-26-53(45)54/h1-41H/i12D,13D,27D,29D,30D,31D,32D,33D,35D,36D,37D,38D. The predicted octanol–water partition coefficient (Wildman–Crippen LogP) is 16.3. The van der Waals surface area contributed by atoms with Gasteiger partial charge < -0.3 is 4.90 Å². The fourth-order valence-corrected chi connectivity index (χ4v) is 7.49. The first-order valence-corrected chi connectivity index (χ1v) is 19.3. The number of fused-ring (bicyclic) bond motifs is 1. The first kappa shape index (κ1) is 24.8. The minimum absolute atomic E-state index is 0.0490. The molecule has 278 valence electrons. The molecule has 10 rings (SSSR count). The Morgan fingerprint density at radius 2 is 0.780 bits per heavy atom. The molecule has 0 amide bonds. The maximum atomic E-state index is 9.79. The van der Waals surface area contributed by atoms with Crippen molar-refractivity contribution in [1.29, 1.82) is 0 Å². The van der Waals surface area contributed by atoms with Gasteiger partial charge in [0.2, 0.25) is 0 Å². The zero-order valence-corrected chi connectivity index (χ0v) is 31.7. The summed E-state index contributed by atoms with van der Waals surface area (Å²) in [7, 11) is 0. The van der Waals surface area contributed by atoms with Crippen molar-refractivity contribution in [3.8, 4) is 66.8 Å². The van der Waals surface area contributed by atoms with E-state index in [4.69, 9.17) is 2.74 Å². The summed E-state index contributed by atoms with van der Waals surface area (Å²) in [5.74, 6) is 0. The highest BCUT2D eigenvalue weighted by atomic mass is 15.1. The summed E-state index contributed by atoms with van der Waals surface area (Å²) < 4.78 is 114. The van der Waals surface area contributed by atoms with Gasteiger partial charge >= 0.3 is 0 Å². The Hall–Kier alpha value is -7.74. The van der Waals surface area contributed by atoms with Gasteiger partial charge in [-0.3, -0.25) is 0 Å². The molecule has 0 saturated carbocycles. The van der Waals surface area contributed by atoms with Crippen LogP contribution in [0.2, 0.25) is 0 Å². The molecule has 1 nitrogen and oxygen atoms in total. The summed E-state index contributed by atoms with van der Waals surface area (Å²) in [5, 5.41) is 1.99. The van der Waals surface area contributed by atoms with Gasteiger partial charge in [-0.2, -0.15) is 0 Å². The summed E-state index contributed by atoms with van der Waals surface area (Å²) in [6, 6.07) is 46.9. The molecule has 0 unspecified atom stereocenters. The summed E-state index contributed by atoms with van der Waals surface area (Å²) >= 11 is 0. The molecule has 10 aromatic rings. The largest absolute Gasteiger partial charge is 0.310 e. The number of nitrogens with zero attached hydrogens (tertiary/aromatic N) is 1. The third kappa shape index (κ3) is 7.23. The first-order chi connectivity index (χ1) is 34.3. The SMILES string of the molecule is [2H]c1c([2H])c([2H])c(N(c2c([2H])c([2H])c(-c3cccc(-c4cccc5ccccc45)c3)c([2H])c2[2H])c2c([2H])c([2H])c(-c3ccc(-c4ccccc4)c(-c4ccccc4)c3)c([2H])c2[2H])c(-c2ccccc2)c1[2H]. The quantitative estimate of drug-likeness (QED) is 0.142. The molecule has 0 N–H and O–H groups in total. The van der Waals surface area contributed by atoms with Crippen LogP contribution >= 0.6 is 0 Å². The number of hydrogen-bond donors (Lipinski definition) is 0. The van der Waals surface area contributed by atoms with Crippen LogP contribution < -0.4 is 4.90 Å². The average molecular weight is 764 g/mol.